The van der Waals surface area contributed by atoms with Gasteiger partial charge in [-0.1, -0.05) is 31.5 Å². The molecule has 6 nitrogen and oxygen atoms in total. The molecule has 3 aromatic rings. The van der Waals surface area contributed by atoms with Crippen molar-refractivity contribution in [1.82, 2.24) is 15.1 Å². The number of nitrogens with zero attached hydrogens (tertiary/aromatic N) is 2. The maximum Gasteiger partial charge on any atom is 0.251 e. The van der Waals surface area contributed by atoms with E-state index in [-0.39, 0.29) is 17.7 Å². The molecule has 3 rings (SSSR count). The quantitative estimate of drug-likeness (QED) is 0.690. The largest absolute Gasteiger partial charge is 0.340 e. The molecule has 0 aliphatic heterocycles. The highest BCUT2D eigenvalue weighted by Crippen LogP contribution is 2.14. The highest BCUT2D eigenvalue weighted by Gasteiger charge is 2.24. The first-order chi connectivity index (χ1) is 13.4. The van der Waals surface area contributed by atoms with Gasteiger partial charge in [-0.15, -0.1) is 0 Å². The van der Waals surface area contributed by atoms with Gasteiger partial charge in [-0.05, 0) is 55.3 Å². The monoisotopic (exact) mass is 376 g/mol. The second-order valence-electron chi connectivity index (χ2n) is 7.05. The lowest BCUT2D eigenvalue weighted by molar-refractivity contribution is -0.118. The first kappa shape index (κ1) is 19.4. The number of amides is 2. The summed E-state index contributed by atoms with van der Waals surface area (Å²) in [7, 11) is 0. The molecule has 0 spiro atoms. The predicted molar refractivity (Wildman–Crippen MR) is 109 cm³/mol. The summed E-state index contributed by atoms with van der Waals surface area (Å²) < 4.78 is 1.74. The number of rotatable bonds is 6. The standard InChI is InChI=1S/C22H24N4O2/c1-15(2)20(25-21(27)17-7-4-6-16(3)14-17)22(28)24-18-8-10-19(11-9-18)26-13-5-12-23-26/h4-15,20H,1-3H3,(H,24,28)(H,25,27). The van der Waals surface area contributed by atoms with Gasteiger partial charge in [0.15, 0.2) is 0 Å². The van der Waals surface area contributed by atoms with E-state index in [2.05, 4.69) is 15.7 Å². The molecule has 0 saturated heterocycles. The Morgan fingerprint density at radius 3 is 2.39 bits per heavy atom. The SMILES string of the molecule is Cc1cccc(C(=O)NC(C(=O)Nc2ccc(-n3cccn3)cc2)C(C)C)c1. The smallest absolute Gasteiger partial charge is 0.251 e. The lowest BCUT2D eigenvalue weighted by Crippen LogP contribution is -2.47. The molecule has 0 fully saturated rings. The van der Waals surface area contributed by atoms with Gasteiger partial charge in [-0.3, -0.25) is 9.59 Å². The topological polar surface area (TPSA) is 76.0 Å². The van der Waals surface area contributed by atoms with Gasteiger partial charge in [0.05, 0.1) is 5.69 Å². The molecule has 0 radical (unpaired) electrons. The number of hydrogen-bond acceptors (Lipinski definition) is 3. The van der Waals surface area contributed by atoms with Gasteiger partial charge in [0.2, 0.25) is 5.91 Å². The molecule has 1 atom stereocenters. The second-order valence-corrected chi connectivity index (χ2v) is 7.05. The molecular weight excluding hydrogens is 352 g/mol. The number of aromatic nitrogens is 2. The van der Waals surface area contributed by atoms with Crippen LogP contribution in [0.15, 0.2) is 67.0 Å². The van der Waals surface area contributed by atoms with Crippen LogP contribution < -0.4 is 10.6 Å². The molecule has 6 heteroatoms. The second kappa shape index (κ2) is 8.52. The van der Waals surface area contributed by atoms with Crippen LogP contribution in [0.1, 0.15) is 29.8 Å². The summed E-state index contributed by atoms with van der Waals surface area (Å²) in [5, 5.41) is 9.91. The van der Waals surface area contributed by atoms with E-state index in [1.807, 2.05) is 69.4 Å². The van der Waals surface area contributed by atoms with E-state index < -0.39 is 6.04 Å². The van der Waals surface area contributed by atoms with Crippen LogP contribution in [0.5, 0.6) is 0 Å². The first-order valence-electron chi connectivity index (χ1n) is 9.22. The van der Waals surface area contributed by atoms with Gasteiger partial charge in [0, 0.05) is 23.6 Å². The average molecular weight is 376 g/mol. The summed E-state index contributed by atoms with van der Waals surface area (Å²) in [5.74, 6) is -0.563. The highest BCUT2D eigenvalue weighted by atomic mass is 16.2. The van der Waals surface area contributed by atoms with Crippen molar-refractivity contribution >= 4 is 17.5 Å². The van der Waals surface area contributed by atoms with Gasteiger partial charge >= 0.3 is 0 Å². The third kappa shape index (κ3) is 4.65. The van der Waals surface area contributed by atoms with Crippen molar-refractivity contribution in [3.8, 4) is 5.69 Å². The predicted octanol–water partition coefficient (Wildman–Crippen LogP) is 3.57. The van der Waals surface area contributed by atoms with E-state index in [9.17, 15) is 9.59 Å². The lowest BCUT2D eigenvalue weighted by Gasteiger charge is -2.22. The van der Waals surface area contributed by atoms with Crippen molar-refractivity contribution in [3.63, 3.8) is 0 Å². The zero-order valence-electron chi connectivity index (χ0n) is 16.2. The molecule has 28 heavy (non-hydrogen) atoms. The van der Waals surface area contributed by atoms with Crippen LogP contribution >= 0.6 is 0 Å². The van der Waals surface area contributed by atoms with Crippen LogP contribution in [0.2, 0.25) is 0 Å². The summed E-state index contributed by atoms with van der Waals surface area (Å²) in [6.07, 6.45) is 3.56. The summed E-state index contributed by atoms with van der Waals surface area (Å²) in [5.41, 5.74) is 3.10. The Labute approximate surface area is 164 Å². The highest BCUT2D eigenvalue weighted by molar-refractivity contribution is 6.01. The van der Waals surface area contributed by atoms with Gasteiger partial charge < -0.3 is 10.6 Å². The molecule has 1 heterocycles. The van der Waals surface area contributed by atoms with Gasteiger partial charge in [0.1, 0.15) is 6.04 Å². The molecule has 2 N–H and O–H groups in total. The molecule has 1 aromatic heterocycles. The Kier molecular flexibility index (Phi) is 5.89. The number of benzene rings is 2. The third-order valence-electron chi connectivity index (χ3n) is 4.42. The summed E-state index contributed by atoms with van der Waals surface area (Å²) in [6, 6.07) is 15.9. The minimum Gasteiger partial charge on any atom is -0.340 e. The molecule has 1 unspecified atom stereocenters. The fourth-order valence-corrected chi connectivity index (χ4v) is 2.88. The van der Waals surface area contributed by atoms with E-state index in [0.717, 1.165) is 11.3 Å². The molecule has 0 aliphatic carbocycles. The molecule has 0 aliphatic rings. The molecular formula is C22H24N4O2. The molecule has 2 amide bonds. The maximum atomic E-state index is 12.8. The Bertz CT molecular complexity index is 947. The van der Waals surface area contributed by atoms with Crippen molar-refractivity contribution in [1.29, 1.82) is 0 Å². The number of carbonyl (C=O) groups excluding carboxylic acids is 2. The maximum absolute atomic E-state index is 12.8. The van der Waals surface area contributed by atoms with Gasteiger partial charge in [-0.25, -0.2) is 4.68 Å². The Morgan fingerprint density at radius 2 is 1.79 bits per heavy atom. The zero-order chi connectivity index (χ0) is 20.1. The van der Waals surface area contributed by atoms with Crippen molar-refractivity contribution in [3.05, 3.63) is 78.1 Å². The average Bonchev–Trinajstić information content (AvgIpc) is 3.21. The first-order valence-corrected chi connectivity index (χ1v) is 9.22. The number of hydrogen-bond donors (Lipinski definition) is 2. The number of aryl methyl sites for hydroxylation is 1. The van der Waals surface area contributed by atoms with Crippen molar-refractivity contribution in [2.24, 2.45) is 5.92 Å². The number of anilines is 1. The number of nitrogens with one attached hydrogen (secondary N) is 2. The Balaban J connectivity index is 1.68. The van der Waals surface area contributed by atoms with Crippen LogP contribution in [0.25, 0.3) is 5.69 Å². The molecule has 144 valence electrons. The van der Waals surface area contributed by atoms with Crippen LogP contribution in [-0.2, 0) is 4.79 Å². The van der Waals surface area contributed by atoms with Crippen LogP contribution in [0.4, 0.5) is 5.69 Å². The van der Waals surface area contributed by atoms with E-state index in [1.165, 1.54) is 0 Å². The van der Waals surface area contributed by atoms with Crippen molar-refractivity contribution in [2.75, 3.05) is 5.32 Å². The molecule has 2 aromatic carbocycles. The summed E-state index contributed by atoms with van der Waals surface area (Å²) in [4.78, 5) is 25.3. The fraction of sp³-hybridized carbons (Fsp3) is 0.227. The Hall–Kier alpha value is -3.41. The fourth-order valence-electron chi connectivity index (χ4n) is 2.88. The van der Waals surface area contributed by atoms with Crippen LogP contribution in [0, 0.1) is 12.8 Å². The minimum atomic E-state index is -0.640. The normalized spacial score (nSPS) is 11.9. The van der Waals surface area contributed by atoms with Crippen LogP contribution in [0.3, 0.4) is 0 Å². The van der Waals surface area contributed by atoms with E-state index >= 15 is 0 Å². The summed E-state index contributed by atoms with van der Waals surface area (Å²) >= 11 is 0. The zero-order valence-corrected chi connectivity index (χ0v) is 16.2. The number of carbonyl (C=O) groups is 2. The van der Waals surface area contributed by atoms with Gasteiger partial charge in [0.25, 0.3) is 5.91 Å². The van der Waals surface area contributed by atoms with E-state index in [0.29, 0.717) is 11.3 Å². The van der Waals surface area contributed by atoms with Crippen molar-refractivity contribution in [2.45, 2.75) is 26.8 Å². The minimum absolute atomic E-state index is 0.0582. The van der Waals surface area contributed by atoms with E-state index in [4.69, 9.17) is 0 Å². The van der Waals surface area contributed by atoms with Crippen LogP contribution in [-0.4, -0.2) is 27.6 Å². The lowest BCUT2D eigenvalue weighted by atomic mass is 10.0. The van der Waals surface area contributed by atoms with Crippen molar-refractivity contribution < 1.29 is 9.59 Å². The molecule has 0 saturated carbocycles. The van der Waals surface area contributed by atoms with Gasteiger partial charge in [-0.2, -0.15) is 5.10 Å². The Morgan fingerprint density at radius 1 is 1.04 bits per heavy atom. The third-order valence-corrected chi connectivity index (χ3v) is 4.42. The summed E-state index contributed by atoms with van der Waals surface area (Å²) in [6.45, 7) is 5.74. The molecule has 0 bridgehead atoms. The van der Waals surface area contributed by atoms with E-state index in [1.54, 1.807) is 23.0 Å².